The van der Waals surface area contributed by atoms with Crippen LogP contribution < -0.4 is 16.7 Å². The Morgan fingerprint density at radius 2 is 2.00 bits per heavy atom. The molecule has 0 spiro atoms. The monoisotopic (exact) mass is 292 g/mol. The SMILES string of the molecule is NNc1ccc(Br)cc(Br)c1=O. The van der Waals surface area contributed by atoms with Crippen molar-refractivity contribution in [1.29, 1.82) is 0 Å². The summed E-state index contributed by atoms with van der Waals surface area (Å²) >= 11 is 6.38. The van der Waals surface area contributed by atoms with E-state index in [1.54, 1.807) is 18.2 Å². The first-order chi connectivity index (χ1) is 5.65. The summed E-state index contributed by atoms with van der Waals surface area (Å²) in [4.78, 5) is 11.3. The summed E-state index contributed by atoms with van der Waals surface area (Å²) < 4.78 is 1.28. The molecule has 0 unspecified atom stereocenters. The van der Waals surface area contributed by atoms with Crippen LogP contribution in [-0.4, -0.2) is 0 Å². The Hall–Kier alpha value is -0.390. The van der Waals surface area contributed by atoms with E-state index >= 15 is 0 Å². The number of anilines is 1. The summed E-state index contributed by atoms with van der Waals surface area (Å²) in [5.41, 5.74) is 2.51. The maximum atomic E-state index is 11.3. The molecule has 3 N–H and O–H groups in total. The molecule has 0 atom stereocenters. The number of hydrogen-bond acceptors (Lipinski definition) is 3. The summed E-state index contributed by atoms with van der Waals surface area (Å²) in [7, 11) is 0. The smallest absolute Gasteiger partial charge is 0.217 e. The van der Waals surface area contributed by atoms with Gasteiger partial charge in [-0.1, -0.05) is 15.9 Å². The van der Waals surface area contributed by atoms with E-state index in [0.29, 0.717) is 10.2 Å². The minimum atomic E-state index is -0.164. The van der Waals surface area contributed by atoms with Crippen LogP contribution in [-0.2, 0) is 0 Å². The molecule has 3 nitrogen and oxygen atoms in total. The molecule has 0 saturated carbocycles. The molecule has 0 radical (unpaired) electrons. The van der Waals surface area contributed by atoms with E-state index in [9.17, 15) is 4.79 Å². The van der Waals surface area contributed by atoms with Gasteiger partial charge in [0.1, 0.15) is 0 Å². The minimum absolute atomic E-state index is 0.164. The summed E-state index contributed by atoms with van der Waals surface area (Å²) in [5, 5.41) is 0. The predicted molar refractivity (Wildman–Crippen MR) is 55.9 cm³/mol. The maximum absolute atomic E-state index is 11.3. The van der Waals surface area contributed by atoms with Crippen LogP contribution in [0.2, 0.25) is 0 Å². The third-order valence-electron chi connectivity index (χ3n) is 1.29. The lowest BCUT2D eigenvalue weighted by molar-refractivity contribution is 1.33. The van der Waals surface area contributed by atoms with Gasteiger partial charge in [0.2, 0.25) is 5.43 Å². The van der Waals surface area contributed by atoms with Gasteiger partial charge in [0.05, 0.1) is 10.2 Å². The van der Waals surface area contributed by atoms with E-state index in [0.717, 1.165) is 4.47 Å². The fraction of sp³-hybridized carbons (Fsp3) is 0. The van der Waals surface area contributed by atoms with Crippen LogP contribution in [0.5, 0.6) is 0 Å². The van der Waals surface area contributed by atoms with E-state index in [4.69, 9.17) is 5.84 Å². The number of nitrogen functional groups attached to an aromatic ring is 1. The van der Waals surface area contributed by atoms with E-state index in [-0.39, 0.29) is 5.43 Å². The highest BCUT2D eigenvalue weighted by Crippen LogP contribution is 2.14. The molecule has 12 heavy (non-hydrogen) atoms. The lowest BCUT2D eigenvalue weighted by atomic mass is 10.4. The molecule has 0 aromatic heterocycles. The highest BCUT2D eigenvalue weighted by Gasteiger charge is 1.99. The van der Waals surface area contributed by atoms with Crippen molar-refractivity contribution in [2.75, 3.05) is 5.43 Å². The molecule has 0 fully saturated rings. The van der Waals surface area contributed by atoms with Gasteiger partial charge in [-0.15, -0.1) is 0 Å². The van der Waals surface area contributed by atoms with Gasteiger partial charge in [0.25, 0.3) is 0 Å². The Morgan fingerprint density at radius 1 is 1.33 bits per heavy atom. The molecule has 0 heterocycles. The molecule has 1 aromatic rings. The Kier molecular flexibility index (Phi) is 3.25. The van der Waals surface area contributed by atoms with E-state index < -0.39 is 0 Å². The van der Waals surface area contributed by atoms with Gasteiger partial charge in [-0.05, 0) is 34.1 Å². The minimum Gasteiger partial charge on any atom is -0.321 e. The molecule has 0 aliphatic carbocycles. The zero-order valence-corrected chi connectivity index (χ0v) is 9.15. The predicted octanol–water partition coefficient (Wildman–Crippen LogP) is 1.86. The molecule has 1 rings (SSSR count). The Bertz CT molecular complexity index is 354. The second-order valence-corrected chi connectivity index (χ2v) is 3.87. The van der Waals surface area contributed by atoms with Gasteiger partial charge in [0, 0.05) is 4.47 Å². The third-order valence-corrected chi connectivity index (χ3v) is 2.37. The summed E-state index contributed by atoms with van der Waals surface area (Å²) in [6, 6.07) is 5.02. The lowest BCUT2D eigenvalue weighted by Gasteiger charge is -1.91. The molecular weight excluding hydrogens is 288 g/mol. The van der Waals surface area contributed by atoms with Crippen molar-refractivity contribution in [3.63, 3.8) is 0 Å². The van der Waals surface area contributed by atoms with Gasteiger partial charge in [-0.25, -0.2) is 0 Å². The maximum Gasteiger partial charge on any atom is 0.217 e. The zero-order valence-electron chi connectivity index (χ0n) is 5.97. The summed E-state index contributed by atoms with van der Waals surface area (Å²) in [6.45, 7) is 0. The topological polar surface area (TPSA) is 55.1 Å². The number of halogens is 2. The number of hydrogen-bond donors (Lipinski definition) is 2. The highest BCUT2D eigenvalue weighted by molar-refractivity contribution is 9.11. The highest BCUT2D eigenvalue weighted by atomic mass is 79.9. The molecule has 0 amide bonds. The first-order valence-corrected chi connectivity index (χ1v) is 4.69. The third kappa shape index (κ3) is 2.06. The molecule has 0 saturated heterocycles. The van der Waals surface area contributed by atoms with Crippen LogP contribution in [0.1, 0.15) is 0 Å². The van der Waals surface area contributed by atoms with E-state index in [1.165, 1.54) is 0 Å². The van der Waals surface area contributed by atoms with Gasteiger partial charge in [-0.2, -0.15) is 0 Å². The molecule has 5 heteroatoms. The van der Waals surface area contributed by atoms with E-state index in [2.05, 4.69) is 37.3 Å². The van der Waals surface area contributed by atoms with Crippen LogP contribution in [0.4, 0.5) is 5.69 Å². The van der Waals surface area contributed by atoms with Crippen molar-refractivity contribution in [3.05, 3.63) is 37.4 Å². The normalized spacial score (nSPS) is 9.58. The van der Waals surface area contributed by atoms with Crippen molar-refractivity contribution in [3.8, 4) is 0 Å². The fourth-order valence-corrected chi connectivity index (χ4v) is 1.84. The Labute approximate surface area is 86.2 Å². The van der Waals surface area contributed by atoms with Crippen molar-refractivity contribution in [2.24, 2.45) is 5.84 Å². The second kappa shape index (κ2) is 4.02. The first kappa shape index (κ1) is 9.70. The van der Waals surface area contributed by atoms with E-state index in [1.807, 2.05) is 0 Å². The Balaban J connectivity index is 3.48. The number of rotatable bonds is 1. The molecule has 0 aliphatic rings. The van der Waals surface area contributed by atoms with Gasteiger partial charge < -0.3 is 5.43 Å². The summed E-state index contributed by atoms with van der Waals surface area (Å²) in [5.74, 6) is 5.14. The van der Waals surface area contributed by atoms with Crippen molar-refractivity contribution >= 4 is 37.5 Å². The summed E-state index contributed by atoms with van der Waals surface area (Å²) in [6.07, 6.45) is 0. The van der Waals surface area contributed by atoms with Crippen LogP contribution in [0.3, 0.4) is 0 Å². The molecular formula is C7H6Br2N2O. The molecule has 64 valence electrons. The average Bonchev–Trinajstić information content (AvgIpc) is 2.14. The first-order valence-electron chi connectivity index (χ1n) is 3.11. The van der Waals surface area contributed by atoms with Crippen LogP contribution in [0.15, 0.2) is 31.9 Å². The van der Waals surface area contributed by atoms with Crippen molar-refractivity contribution in [1.82, 2.24) is 0 Å². The quantitative estimate of drug-likeness (QED) is 0.614. The fourth-order valence-electron chi connectivity index (χ4n) is 0.716. The zero-order chi connectivity index (χ0) is 9.14. The van der Waals surface area contributed by atoms with Crippen molar-refractivity contribution in [2.45, 2.75) is 0 Å². The van der Waals surface area contributed by atoms with Gasteiger partial charge in [-0.3, -0.25) is 10.6 Å². The van der Waals surface area contributed by atoms with Crippen LogP contribution in [0, 0.1) is 0 Å². The van der Waals surface area contributed by atoms with Gasteiger partial charge >= 0.3 is 0 Å². The van der Waals surface area contributed by atoms with Crippen LogP contribution >= 0.6 is 31.9 Å². The number of hydrazine groups is 1. The largest absolute Gasteiger partial charge is 0.321 e. The molecule has 0 aliphatic heterocycles. The van der Waals surface area contributed by atoms with Gasteiger partial charge in [0.15, 0.2) is 0 Å². The van der Waals surface area contributed by atoms with Crippen molar-refractivity contribution < 1.29 is 0 Å². The average molecular weight is 294 g/mol. The lowest BCUT2D eigenvalue weighted by Crippen LogP contribution is -2.14. The second-order valence-electron chi connectivity index (χ2n) is 2.10. The van der Waals surface area contributed by atoms with Crippen LogP contribution in [0.25, 0.3) is 0 Å². The number of nitrogens with one attached hydrogen (secondary N) is 1. The standard InChI is InChI=1S/C7H6Br2N2O/c8-4-1-2-6(11-10)7(12)5(9)3-4/h1-3H,10H2,(H,11,12). The molecule has 0 bridgehead atoms. The Morgan fingerprint density at radius 3 is 2.58 bits per heavy atom. The number of nitrogens with two attached hydrogens (primary N) is 1. The molecule has 1 aromatic carbocycles.